The predicted octanol–water partition coefficient (Wildman–Crippen LogP) is 6.87. The number of pyridine rings is 1. The molecule has 2 N–H and O–H groups in total. The van der Waals surface area contributed by atoms with Crippen LogP contribution in [-0.2, 0) is 0 Å². The summed E-state index contributed by atoms with van der Waals surface area (Å²) in [4.78, 5) is 47.8. The van der Waals surface area contributed by atoms with Gasteiger partial charge in [0, 0.05) is 32.7 Å². The Morgan fingerprint density at radius 2 is 1.07 bits per heavy atom. The Morgan fingerprint density at radius 3 is 1.77 bits per heavy atom. The minimum absolute atomic E-state index is 0.104. The summed E-state index contributed by atoms with van der Waals surface area (Å²) in [5, 5.41) is 8.65. The molecular weight excluding hydrogens is 536 g/mol. The van der Waals surface area contributed by atoms with E-state index in [4.69, 9.17) is 10.7 Å². The van der Waals surface area contributed by atoms with E-state index in [1.54, 1.807) is 40.8 Å². The molecule has 0 bridgehead atoms. The van der Waals surface area contributed by atoms with Gasteiger partial charge in [0.2, 0.25) is 0 Å². The van der Waals surface area contributed by atoms with Crippen LogP contribution in [0.4, 0.5) is 11.4 Å². The molecule has 2 aromatic heterocycles. The van der Waals surface area contributed by atoms with E-state index in [0.29, 0.717) is 38.9 Å². The lowest BCUT2D eigenvalue weighted by Crippen LogP contribution is -2.40. The van der Waals surface area contributed by atoms with Crippen molar-refractivity contribution in [1.82, 2.24) is 9.38 Å². The maximum absolute atomic E-state index is 13.9. The normalized spacial score (nSPS) is 13.8. The number of imide groups is 1. The number of nitrogen functional groups attached to an aromatic ring is 1. The van der Waals surface area contributed by atoms with Crippen molar-refractivity contribution in [2.45, 2.75) is 0 Å². The first-order valence-electron chi connectivity index (χ1n) is 14.0. The van der Waals surface area contributed by atoms with Crippen molar-refractivity contribution in [3.8, 4) is 0 Å². The van der Waals surface area contributed by atoms with E-state index in [1.807, 2.05) is 54.6 Å². The molecule has 0 saturated heterocycles. The number of nitrogens with two attached hydrogens (primary N) is 1. The number of fused-ring (bicyclic) bond motifs is 6. The van der Waals surface area contributed by atoms with Crippen LogP contribution in [0.1, 0.15) is 20.7 Å². The molecule has 1 aliphatic rings. The zero-order chi connectivity index (χ0) is 28.7. The van der Waals surface area contributed by atoms with E-state index in [0.717, 1.165) is 54.1 Å². The smallest absolute Gasteiger partial charge is 0.266 e. The molecule has 0 saturated carbocycles. The fourth-order valence-electron chi connectivity index (χ4n) is 7.39. The summed E-state index contributed by atoms with van der Waals surface area (Å²) in [6, 6.07) is 30.1. The molecule has 10 rings (SSSR count). The number of para-hydroxylation sites is 4. The molecule has 200 valence electrons. The van der Waals surface area contributed by atoms with Crippen LogP contribution in [0.15, 0.2) is 102 Å². The molecule has 0 radical (unpaired) electrons. The van der Waals surface area contributed by atoms with E-state index >= 15 is 0 Å². The topological polar surface area (TPSA) is 97.8 Å². The average Bonchev–Trinajstić information content (AvgIpc) is 3.43. The second kappa shape index (κ2) is 7.40. The van der Waals surface area contributed by atoms with Gasteiger partial charge in [-0.1, -0.05) is 48.5 Å². The molecule has 9 aromatic rings. The number of anilines is 2. The Morgan fingerprint density at radius 1 is 0.535 bits per heavy atom. The van der Waals surface area contributed by atoms with Crippen molar-refractivity contribution >= 4 is 93.7 Å². The Hall–Kier alpha value is -6.08. The molecule has 0 fully saturated rings. The first-order valence-corrected chi connectivity index (χ1v) is 14.0. The van der Waals surface area contributed by atoms with Gasteiger partial charge < -0.3 is 5.73 Å². The molecule has 0 spiro atoms. The summed E-state index contributed by atoms with van der Waals surface area (Å²) in [7, 11) is 0. The van der Waals surface area contributed by atoms with Crippen LogP contribution in [-0.4, -0.2) is 21.2 Å². The van der Waals surface area contributed by atoms with E-state index in [2.05, 4.69) is 6.07 Å². The third-order valence-corrected chi connectivity index (χ3v) is 9.18. The van der Waals surface area contributed by atoms with Gasteiger partial charge in [-0.05, 0) is 80.8 Å². The highest BCUT2D eigenvalue weighted by atomic mass is 16.2. The summed E-state index contributed by atoms with van der Waals surface area (Å²) < 4.78 is 1.71. The molecule has 1 aliphatic heterocycles. The molecule has 43 heavy (non-hydrogen) atoms. The standard InChI is InChI=1S/C36H18N4O3/c37-25-5-1-3-7-27(25)40-35(42)23-15-11-19-17-9-13-21-31-22(34(41)39-28-8-4-2-6-26(28)38-33(21)39)14-10-18(29(17)31)20-12-16-24(36(40)43)32(23)30(19)20/h1-16H,37H2. The van der Waals surface area contributed by atoms with Crippen LogP contribution in [0.2, 0.25) is 0 Å². The maximum atomic E-state index is 13.9. The third-order valence-electron chi connectivity index (χ3n) is 9.18. The number of imidazole rings is 1. The van der Waals surface area contributed by atoms with Gasteiger partial charge in [-0.3, -0.25) is 18.8 Å². The van der Waals surface area contributed by atoms with Gasteiger partial charge in [0.15, 0.2) is 0 Å². The maximum Gasteiger partial charge on any atom is 0.266 e. The lowest BCUT2D eigenvalue weighted by molar-refractivity contribution is 0.0893. The van der Waals surface area contributed by atoms with Crippen LogP contribution in [0.25, 0.3) is 70.5 Å². The van der Waals surface area contributed by atoms with Gasteiger partial charge >= 0.3 is 0 Å². The van der Waals surface area contributed by atoms with Gasteiger partial charge in [-0.15, -0.1) is 0 Å². The van der Waals surface area contributed by atoms with Crippen LogP contribution < -0.4 is 16.2 Å². The van der Waals surface area contributed by atoms with Crippen LogP contribution in [0.5, 0.6) is 0 Å². The zero-order valence-electron chi connectivity index (χ0n) is 22.4. The summed E-state index contributed by atoms with van der Waals surface area (Å²) in [6.07, 6.45) is 0. The quantitative estimate of drug-likeness (QED) is 0.103. The van der Waals surface area contributed by atoms with Gasteiger partial charge in [-0.25, -0.2) is 9.88 Å². The monoisotopic (exact) mass is 554 g/mol. The molecule has 7 heteroatoms. The van der Waals surface area contributed by atoms with E-state index < -0.39 is 11.8 Å². The Kier molecular flexibility index (Phi) is 3.89. The fourth-order valence-corrected chi connectivity index (χ4v) is 7.39. The summed E-state index contributed by atoms with van der Waals surface area (Å²) in [5.41, 5.74) is 9.92. The first kappa shape index (κ1) is 22.6. The highest BCUT2D eigenvalue weighted by Crippen LogP contribution is 2.46. The Bertz CT molecular complexity index is 2750. The molecule has 0 atom stereocenters. The van der Waals surface area contributed by atoms with Crippen molar-refractivity contribution < 1.29 is 9.59 Å². The van der Waals surface area contributed by atoms with Gasteiger partial charge in [-0.2, -0.15) is 0 Å². The minimum Gasteiger partial charge on any atom is -0.397 e. The van der Waals surface area contributed by atoms with Gasteiger partial charge in [0.25, 0.3) is 17.4 Å². The van der Waals surface area contributed by atoms with E-state index in [1.165, 1.54) is 4.90 Å². The number of amides is 2. The van der Waals surface area contributed by atoms with Crippen LogP contribution in [0, 0.1) is 0 Å². The highest BCUT2D eigenvalue weighted by Gasteiger charge is 2.36. The lowest BCUT2D eigenvalue weighted by atomic mass is 9.83. The SMILES string of the molecule is Nc1ccccc1N1C(=O)c2ccc3c4ccc5c(=O)n6c7ccccc7nc6c6ccc(c7ccc(c2c37)C1=O)c4c56. The number of carbonyl (C=O) groups is 2. The first-order chi connectivity index (χ1) is 21.0. The number of nitrogens with zero attached hydrogens (tertiary/aromatic N) is 3. The number of hydrogen-bond acceptors (Lipinski definition) is 5. The van der Waals surface area contributed by atoms with Crippen molar-refractivity contribution in [1.29, 1.82) is 0 Å². The van der Waals surface area contributed by atoms with Crippen molar-refractivity contribution in [2.24, 2.45) is 0 Å². The Balaban J connectivity index is 1.35. The molecular formula is C36H18N4O3. The minimum atomic E-state index is -0.403. The number of rotatable bonds is 1. The number of carbonyl (C=O) groups excluding carboxylic acids is 2. The summed E-state index contributed by atoms with van der Waals surface area (Å²) >= 11 is 0. The van der Waals surface area contributed by atoms with Gasteiger partial charge in [0.1, 0.15) is 5.65 Å². The number of benzene rings is 7. The third kappa shape index (κ3) is 2.53. The molecule has 3 heterocycles. The average molecular weight is 555 g/mol. The Labute approximate surface area is 241 Å². The van der Waals surface area contributed by atoms with Crippen molar-refractivity contribution in [3.05, 3.63) is 119 Å². The fraction of sp³-hybridized carbons (Fsp3) is 0. The second-order valence-corrected chi connectivity index (χ2v) is 11.2. The lowest BCUT2D eigenvalue weighted by Gasteiger charge is -2.29. The van der Waals surface area contributed by atoms with Crippen molar-refractivity contribution in [2.75, 3.05) is 10.6 Å². The molecule has 7 nitrogen and oxygen atoms in total. The molecule has 2 amide bonds. The summed E-state index contributed by atoms with van der Waals surface area (Å²) in [5.74, 6) is -0.806. The van der Waals surface area contributed by atoms with E-state index in [9.17, 15) is 14.4 Å². The van der Waals surface area contributed by atoms with Crippen LogP contribution >= 0.6 is 0 Å². The van der Waals surface area contributed by atoms with Gasteiger partial charge in [0.05, 0.1) is 22.4 Å². The second-order valence-electron chi connectivity index (χ2n) is 11.2. The molecule has 0 unspecified atom stereocenters. The largest absolute Gasteiger partial charge is 0.397 e. The summed E-state index contributed by atoms with van der Waals surface area (Å²) in [6.45, 7) is 0. The zero-order valence-corrected chi connectivity index (χ0v) is 22.4. The van der Waals surface area contributed by atoms with Crippen molar-refractivity contribution in [3.63, 3.8) is 0 Å². The van der Waals surface area contributed by atoms with E-state index in [-0.39, 0.29) is 5.56 Å². The highest BCUT2D eigenvalue weighted by molar-refractivity contribution is 6.43. The molecule has 0 aliphatic carbocycles. The predicted molar refractivity (Wildman–Crippen MR) is 171 cm³/mol. The number of hydrogen-bond donors (Lipinski definition) is 1. The van der Waals surface area contributed by atoms with Crippen LogP contribution in [0.3, 0.4) is 0 Å². The molecule has 7 aromatic carbocycles. The number of aromatic nitrogens is 2.